The second-order valence-corrected chi connectivity index (χ2v) is 42.4. The number of piperazine rings is 4. The summed E-state index contributed by atoms with van der Waals surface area (Å²) in [5, 5.41) is 15.8. The number of fused-ring (bicyclic) bond motifs is 9. The summed E-state index contributed by atoms with van der Waals surface area (Å²) >= 11 is 6.48. The Morgan fingerprint density at radius 1 is 0.372 bits per heavy atom. The van der Waals surface area contributed by atoms with Gasteiger partial charge in [-0.15, -0.1) is 0 Å². The van der Waals surface area contributed by atoms with Crippen molar-refractivity contribution in [2.24, 2.45) is 0 Å². The number of carbonyl (C=O) groups is 3. The van der Waals surface area contributed by atoms with E-state index in [1.165, 1.54) is 30.0 Å². The van der Waals surface area contributed by atoms with Gasteiger partial charge in [0.25, 0.3) is 0 Å². The number of benzene rings is 3. The maximum Gasteiger partial charge on any atom is 0.410 e. The minimum absolute atomic E-state index is 0.00760. The standard InChI is InChI=1S/C31H36F2N8O2.2C26H28F2N8.C15H22BrN3O2.C6H4BrNO/c1-30(2,3)43-29(42)40-12-10-39(11-13-40)18-19-6-7-24(34-16-19)36-28-35-17-22(33)26(38-28)20-14-21(32)27-23(15-20)41-25(37-27)8-9-31(41,4)5;2*1-26(2)6-5-22-33-24-18(27)11-17(12-20(24)36(22)26)23-19(28)14-31-25(34-23)32-21-4-3-16(13-30-21)15-35-9-7-29-8-10-35;1-15(2,3)21-14(20)19-8-6-18(7-9-19)11-12-4-5-13(16)17-10-12;7-6-2-1-5(4-9)3-8-6/h6-7,14-17H,8-13,18H2,1-5H3,(H,34,35,36,38);2*3-4,11-14,29H,5-10,15H2,1-2H3,(H,30,31,32,34);4-5,10H,6-9,11H2,1-3H3;1-4H. The van der Waals surface area contributed by atoms with E-state index in [4.69, 9.17) is 9.47 Å². The topological polar surface area (TPSA) is 345 Å². The van der Waals surface area contributed by atoms with E-state index in [0.29, 0.717) is 100 Å². The minimum atomic E-state index is -0.653. The van der Waals surface area contributed by atoms with E-state index in [0.717, 1.165) is 205 Å². The average Bonchev–Trinajstić information content (AvgIpc) is 1.59. The Morgan fingerprint density at radius 2 is 0.669 bits per heavy atom. The number of ether oxygens (including phenoxy) is 2. The van der Waals surface area contributed by atoms with Crippen molar-refractivity contribution in [3.05, 3.63) is 236 Å². The maximum absolute atomic E-state index is 15.1. The van der Waals surface area contributed by atoms with Crippen LogP contribution in [0.25, 0.3) is 66.9 Å². The molecule has 0 saturated carbocycles. The summed E-state index contributed by atoms with van der Waals surface area (Å²) in [6.45, 7) is 40.9. The van der Waals surface area contributed by atoms with Crippen LogP contribution in [0.4, 0.5) is 71.2 Å². The number of aryl methyl sites for hydroxylation is 3. The van der Waals surface area contributed by atoms with Gasteiger partial charge in [0, 0.05) is 220 Å². The van der Waals surface area contributed by atoms with Crippen LogP contribution in [0.1, 0.15) is 152 Å². The third-order valence-electron chi connectivity index (χ3n) is 26.1. The van der Waals surface area contributed by atoms with Gasteiger partial charge in [-0.3, -0.25) is 24.4 Å². The van der Waals surface area contributed by atoms with Crippen molar-refractivity contribution in [2.75, 3.05) is 121 Å². The summed E-state index contributed by atoms with van der Waals surface area (Å²) < 4.78 is 108. The molecule has 0 bridgehead atoms. The van der Waals surface area contributed by atoms with Crippen LogP contribution in [0.5, 0.6) is 0 Å². The van der Waals surface area contributed by atoms with E-state index in [-0.39, 0.29) is 69.2 Å². The van der Waals surface area contributed by atoms with Crippen molar-refractivity contribution >= 4 is 119 Å². The Balaban J connectivity index is 0.000000131. The number of pyridine rings is 5. The first-order valence-corrected chi connectivity index (χ1v) is 50.2. The fraction of sp³-hybridized carbons (Fsp3) is 0.413. The van der Waals surface area contributed by atoms with Crippen LogP contribution in [0.2, 0.25) is 0 Å². The first-order valence-electron chi connectivity index (χ1n) is 48.6. The van der Waals surface area contributed by atoms with E-state index in [2.05, 4.69) is 205 Å². The molecular weight excluding hydrogens is 2000 g/mol. The Hall–Kier alpha value is -13.0. The molecule has 7 aliphatic rings. The number of amides is 2. The largest absolute Gasteiger partial charge is 0.444 e. The molecule has 0 spiro atoms. The van der Waals surface area contributed by atoms with Gasteiger partial charge in [0.2, 0.25) is 17.8 Å². The van der Waals surface area contributed by atoms with Crippen LogP contribution < -0.4 is 26.6 Å². The Bertz CT molecular complexity index is 6760. The van der Waals surface area contributed by atoms with Crippen molar-refractivity contribution in [2.45, 2.75) is 176 Å². The van der Waals surface area contributed by atoms with Gasteiger partial charge in [0.15, 0.2) is 41.2 Å². The highest BCUT2D eigenvalue weighted by molar-refractivity contribution is 9.10. The number of anilines is 6. The molecule has 0 unspecified atom stereocenters. The lowest BCUT2D eigenvalue weighted by atomic mass is 10.0. The molecule has 7 aliphatic heterocycles. The van der Waals surface area contributed by atoms with Crippen molar-refractivity contribution in [1.82, 2.24) is 124 Å². The molecule has 4 fully saturated rings. The summed E-state index contributed by atoms with van der Waals surface area (Å²) in [5.41, 5.74) is 7.35. The quantitative estimate of drug-likeness (QED) is 0.0303. The third-order valence-corrected chi connectivity index (χ3v) is 27.0. The minimum Gasteiger partial charge on any atom is -0.444 e. The lowest BCUT2D eigenvalue weighted by molar-refractivity contribution is 0.0129. The molecule has 41 heteroatoms. The average molecular weight is 2110 g/mol. The molecular formula is C104H118Br2F6N28O5. The second-order valence-electron chi connectivity index (χ2n) is 40.8. The van der Waals surface area contributed by atoms with Gasteiger partial charge in [-0.2, -0.15) is 0 Å². The Kier molecular flexibility index (Phi) is 31.4. The summed E-state index contributed by atoms with van der Waals surface area (Å²) in [5.74, 6) is 1.25. The summed E-state index contributed by atoms with van der Waals surface area (Å²) in [4.78, 5) is 108. The van der Waals surface area contributed by atoms with Gasteiger partial charge >= 0.3 is 12.2 Å². The zero-order chi connectivity index (χ0) is 102. The highest BCUT2D eigenvalue weighted by Gasteiger charge is 2.38. The molecule has 2 amide bonds. The molecule has 21 rings (SSSR count). The van der Waals surface area contributed by atoms with Crippen molar-refractivity contribution in [3.8, 4) is 33.8 Å². The number of hydrogen-bond donors (Lipinski definition) is 5. The predicted octanol–water partition coefficient (Wildman–Crippen LogP) is 18.2. The van der Waals surface area contributed by atoms with E-state index < -0.39 is 46.1 Å². The number of aromatic nitrogens is 17. The second kappa shape index (κ2) is 44.1. The molecule has 0 atom stereocenters. The fourth-order valence-electron chi connectivity index (χ4n) is 18.6. The number of hydrogen-bond acceptors (Lipinski definition) is 28. The van der Waals surface area contributed by atoms with Crippen LogP contribution in [0.3, 0.4) is 0 Å². The lowest BCUT2D eigenvalue weighted by Crippen LogP contribution is -2.49. The number of rotatable bonds is 18. The molecule has 0 radical (unpaired) electrons. The van der Waals surface area contributed by atoms with Gasteiger partial charge in [0.05, 0.1) is 35.1 Å². The maximum atomic E-state index is 15.1. The zero-order valence-corrected chi connectivity index (χ0v) is 86.3. The molecule has 0 aliphatic carbocycles. The van der Waals surface area contributed by atoms with Crippen LogP contribution in [-0.2, 0) is 71.5 Å². The first-order chi connectivity index (χ1) is 69.3. The van der Waals surface area contributed by atoms with Crippen molar-refractivity contribution in [3.63, 3.8) is 0 Å². The SMILES string of the molecule is CC(C)(C)OC(=O)N1CCN(Cc2ccc(Br)nc2)CC1.CC(C)(C)OC(=O)N1CCN(Cc2ccc(Nc3ncc(F)c(-c4cc(F)c5nc6n(c5c4)C(C)(C)CC6)n3)nc2)CC1.CC1(C)CCc2nc3c(F)cc(-c4nc(Nc5ccc(CN6CCNCC6)cn5)ncc4F)cc3n21.CC1(C)CCc2nc3c(F)cc(-c4nc(Nc5ccc(CN6CCNCC6)cn5)ncc4F)cc3n21.O=Cc1ccc(Br)nc1. The van der Waals surface area contributed by atoms with Gasteiger partial charge in [-0.25, -0.2) is 106 Å². The van der Waals surface area contributed by atoms with Crippen LogP contribution >= 0.6 is 31.9 Å². The van der Waals surface area contributed by atoms with Crippen LogP contribution in [-0.4, -0.2) is 247 Å². The molecule has 760 valence electrons. The smallest absolute Gasteiger partial charge is 0.410 e. The third kappa shape index (κ3) is 25.6. The molecule has 3 aromatic carbocycles. The highest BCUT2D eigenvalue weighted by atomic mass is 79.9. The molecule has 5 N–H and O–H groups in total. The van der Waals surface area contributed by atoms with E-state index in [1.54, 1.807) is 46.3 Å². The van der Waals surface area contributed by atoms with Gasteiger partial charge in [0.1, 0.15) is 89.0 Å². The number of aldehydes is 1. The molecule has 33 nitrogen and oxygen atoms in total. The number of nitrogens with one attached hydrogen (secondary N) is 5. The highest BCUT2D eigenvalue weighted by Crippen LogP contribution is 2.43. The molecule has 4 saturated heterocycles. The monoisotopic (exact) mass is 2110 g/mol. The molecule has 11 aromatic heterocycles. The Morgan fingerprint density at radius 3 is 0.945 bits per heavy atom. The van der Waals surface area contributed by atoms with Crippen molar-refractivity contribution < 1.29 is 50.2 Å². The normalized spacial score (nSPS) is 16.7. The molecule has 18 heterocycles. The summed E-state index contributed by atoms with van der Waals surface area (Å²) in [7, 11) is 0. The first kappa shape index (κ1) is 103. The fourth-order valence-corrected chi connectivity index (χ4v) is 19.1. The molecule has 14 aromatic rings. The van der Waals surface area contributed by atoms with Gasteiger partial charge in [-0.1, -0.05) is 24.3 Å². The zero-order valence-electron chi connectivity index (χ0n) is 83.2. The van der Waals surface area contributed by atoms with E-state index >= 15 is 13.2 Å². The Labute approximate surface area is 853 Å². The summed E-state index contributed by atoms with van der Waals surface area (Å²) in [6.07, 6.45) is 17.4. The lowest BCUT2D eigenvalue weighted by Gasteiger charge is -2.35. The number of nitrogens with zero attached hydrogens (tertiary/aromatic N) is 23. The molecule has 145 heavy (non-hydrogen) atoms. The van der Waals surface area contributed by atoms with Crippen LogP contribution in [0.15, 0.2) is 156 Å². The van der Waals surface area contributed by atoms with Gasteiger partial charge < -0.3 is 59.6 Å². The predicted molar refractivity (Wildman–Crippen MR) is 549 cm³/mol. The van der Waals surface area contributed by atoms with E-state index in [1.807, 2.05) is 107 Å². The van der Waals surface area contributed by atoms with Gasteiger partial charge in [-0.05, 0) is 229 Å². The number of imidazole rings is 3. The van der Waals surface area contributed by atoms with Crippen LogP contribution in [0, 0.1) is 34.9 Å². The number of halogens is 8. The number of carbonyl (C=O) groups excluding carboxylic acids is 3. The van der Waals surface area contributed by atoms with E-state index in [9.17, 15) is 27.6 Å². The summed E-state index contributed by atoms with van der Waals surface area (Å²) in [6, 6.07) is 28.0. The van der Waals surface area contributed by atoms with Crippen molar-refractivity contribution in [1.29, 1.82) is 0 Å².